The molecule has 2 rings (SSSR count). The zero-order valence-electron chi connectivity index (χ0n) is 9.80. The third-order valence-corrected chi connectivity index (χ3v) is 3.48. The third-order valence-electron chi connectivity index (χ3n) is 3.12. The molecule has 0 aliphatic heterocycles. The van der Waals surface area contributed by atoms with Gasteiger partial charge in [-0.3, -0.25) is 0 Å². The van der Waals surface area contributed by atoms with Gasteiger partial charge in [-0.05, 0) is 43.5 Å². The maximum atomic E-state index is 13.0. The fourth-order valence-corrected chi connectivity index (χ4v) is 2.83. The summed E-state index contributed by atoms with van der Waals surface area (Å²) in [6, 6.07) is 3.66. The molecule has 1 aromatic rings. The van der Waals surface area contributed by atoms with E-state index in [1.165, 1.54) is 12.1 Å². The van der Waals surface area contributed by atoms with Crippen molar-refractivity contribution < 1.29 is 8.78 Å². The molecule has 0 unspecified atom stereocenters. The molecule has 0 N–H and O–H groups in total. The van der Waals surface area contributed by atoms with E-state index in [0.29, 0.717) is 23.4 Å². The molecule has 1 saturated carbocycles. The molecule has 17 heavy (non-hydrogen) atoms. The Bertz CT molecular complexity index is 371. The first kappa shape index (κ1) is 12.8. The summed E-state index contributed by atoms with van der Waals surface area (Å²) < 4.78 is 26.0. The monoisotopic (exact) mass is 259 g/mol. The van der Waals surface area contributed by atoms with Crippen molar-refractivity contribution in [2.24, 2.45) is 5.92 Å². The Morgan fingerprint density at radius 2 is 1.82 bits per heavy atom. The van der Waals surface area contributed by atoms with Crippen LogP contribution in [0.4, 0.5) is 8.78 Å². The maximum Gasteiger partial charge on any atom is 0.126 e. The van der Waals surface area contributed by atoms with E-state index in [9.17, 15) is 8.78 Å². The first-order valence-electron chi connectivity index (χ1n) is 5.80. The van der Waals surface area contributed by atoms with Crippen molar-refractivity contribution in [2.45, 2.75) is 24.8 Å². The van der Waals surface area contributed by atoms with Crippen LogP contribution < -0.4 is 0 Å². The van der Waals surface area contributed by atoms with E-state index >= 15 is 0 Å². The Morgan fingerprint density at radius 3 is 2.35 bits per heavy atom. The third kappa shape index (κ3) is 3.65. The van der Waals surface area contributed by atoms with Gasteiger partial charge in [0.1, 0.15) is 11.6 Å². The first-order valence-corrected chi connectivity index (χ1v) is 6.24. The predicted molar refractivity (Wildman–Crippen MR) is 65.1 cm³/mol. The minimum atomic E-state index is -0.516. The molecular formula is C13H16ClF2N. The summed E-state index contributed by atoms with van der Waals surface area (Å²) >= 11 is 5.91. The Labute approximate surface area is 105 Å². The van der Waals surface area contributed by atoms with Gasteiger partial charge in [-0.25, -0.2) is 8.78 Å². The molecule has 0 amide bonds. The summed E-state index contributed by atoms with van der Waals surface area (Å²) in [7, 11) is 1.96. The number of benzene rings is 1. The van der Waals surface area contributed by atoms with Crippen LogP contribution in [0.25, 0.3) is 0 Å². The van der Waals surface area contributed by atoms with E-state index in [1.807, 2.05) is 7.05 Å². The van der Waals surface area contributed by atoms with Crippen molar-refractivity contribution in [2.75, 3.05) is 13.6 Å². The zero-order valence-corrected chi connectivity index (χ0v) is 10.6. The van der Waals surface area contributed by atoms with E-state index < -0.39 is 11.6 Å². The number of hydrogen-bond donors (Lipinski definition) is 0. The van der Waals surface area contributed by atoms with Crippen molar-refractivity contribution in [1.82, 2.24) is 4.90 Å². The first-order chi connectivity index (χ1) is 8.02. The van der Waals surface area contributed by atoms with Crippen LogP contribution in [-0.2, 0) is 6.54 Å². The average Bonchev–Trinajstić information content (AvgIpc) is 2.13. The fraction of sp³-hybridized carbons (Fsp3) is 0.538. The van der Waals surface area contributed by atoms with E-state index in [2.05, 4.69) is 4.90 Å². The normalized spacial score (nSPS) is 23.8. The predicted octanol–water partition coefficient (Wildman–Crippen LogP) is 3.41. The molecule has 1 aliphatic rings. The molecule has 1 fully saturated rings. The lowest BCUT2D eigenvalue weighted by Gasteiger charge is -2.34. The molecule has 4 heteroatoms. The Hall–Kier alpha value is -0.670. The molecule has 0 atom stereocenters. The smallest absolute Gasteiger partial charge is 0.126 e. The molecule has 1 aliphatic carbocycles. The highest BCUT2D eigenvalue weighted by Gasteiger charge is 2.27. The summed E-state index contributed by atoms with van der Waals surface area (Å²) in [6.07, 6.45) is 2.09. The fourth-order valence-electron chi connectivity index (χ4n) is 2.32. The molecule has 0 bridgehead atoms. The van der Waals surface area contributed by atoms with Gasteiger partial charge in [0.05, 0.1) is 0 Å². The maximum absolute atomic E-state index is 13.0. The molecule has 0 radical (unpaired) electrons. The van der Waals surface area contributed by atoms with E-state index in [1.54, 1.807) is 0 Å². The van der Waals surface area contributed by atoms with Crippen LogP contribution in [0.2, 0.25) is 0 Å². The Morgan fingerprint density at radius 1 is 1.24 bits per heavy atom. The molecule has 94 valence electrons. The molecular weight excluding hydrogens is 244 g/mol. The highest BCUT2D eigenvalue weighted by Crippen LogP contribution is 2.32. The minimum Gasteiger partial charge on any atom is -0.302 e. The van der Waals surface area contributed by atoms with Crippen LogP contribution in [0.3, 0.4) is 0 Å². The molecule has 0 spiro atoms. The van der Waals surface area contributed by atoms with E-state index in [-0.39, 0.29) is 0 Å². The van der Waals surface area contributed by atoms with Crippen LogP contribution in [0.1, 0.15) is 18.4 Å². The van der Waals surface area contributed by atoms with Gasteiger partial charge in [0.15, 0.2) is 0 Å². The molecule has 0 heterocycles. The van der Waals surface area contributed by atoms with Crippen molar-refractivity contribution in [1.29, 1.82) is 0 Å². The highest BCUT2D eigenvalue weighted by atomic mass is 35.5. The van der Waals surface area contributed by atoms with Gasteiger partial charge in [-0.15, -0.1) is 11.6 Å². The SMILES string of the molecule is CN(Cc1cc(F)cc(F)c1)CC1CC(Cl)C1. The second-order valence-corrected chi connectivity index (χ2v) is 5.53. The van der Waals surface area contributed by atoms with Gasteiger partial charge in [0.2, 0.25) is 0 Å². The lowest BCUT2D eigenvalue weighted by Crippen LogP contribution is -2.34. The zero-order chi connectivity index (χ0) is 12.4. The summed E-state index contributed by atoms with van der Waals surface area (Å²) in [6.45, 7) is 1.50. The molecule has 0 saturated heterocycles. The van der Waals surface area contributed by atoms with Gasteiger partial charge >= 0.3 is 0 Å². The quantitative estimate of drug-likeness (QED) is 0.749. The van der Waals surface area contributed by atoms with Gasteiger partial charge in [0.25, 0.3) is 0 Å². The topological polar surface area (TPSA) is 3.24 Å². The molecule has 0 aromatic heterocycles. The van der Waals surface area contributed by atoms with Crippen molar-refractivity contribution in [3.05, 3.63) is 35.4 Å². The number of nitrogens with zero attached hydrogens (tertiary/aromatic N) is 1. The van der Waals surface area contributed by atoms with Crippen molar-refractivity contribution in [3.63, 3.8) is 0 Å². The molecule has 1 nitrogen and oxygen atoms in total. The number of hydrogen-bond acceptors (Lipinski definition) is 1. The van der Waals surface area contributed by atoms with Crippen LogP contribution in [0, 0.1) is 17.6 Å². The minimum absolute atomic E-state index is 0.319. The number of alkyl halides is 1. The standard InChI is InChI=1S/C13H16ClF2N/c1-17(7-9-2-11(14)3-9)8-10-4-12(15)6-13(16)5-10/h4-6,9,11H,2-3,7-8H2,1H3. The van der Waals surface area contributed by atoms with E-state index in [0.717, 1.165) is 25.5 Å². The summed E-state index contributed by atoms with van der Waals surface area (Å²) in [5.74, 6) is -0.406. The van der Waals surface area contributed by atoms with Gasteiger partial charge in [-0.2, -0.15) is 0 Å². The lowest BCUT2D eigenvalue weighted by atomic mass is 9.84. The van der Waals surface area contributed by atoms with Crippen LogP contribution in [-0.4, -0.2) is 23.9 Å². The number of rotatable bonds is 4. The van der Waals surface area contributed by atoms with Crippen LogP contribution in [0.15, 0.2) is 18.2 Å². The Balaban J connectivity index is 1.86. The molecule has 1 aromatic carbocycles. The van der Waals surface area contributed by atoms with Gasteiger partial charge in [0, 0.05) is 24.5 Å². The second-order valence-electron chi connectivity index (χ2n) is 4.91. The summed E-state index contributed by atoms with van der Waals surface area (Å²) in [5.41, 5.74) is 0.673. The second kappa shape index (κ2) is 5.32. The van der Waals surface area contributed by atoms with Gasteiger partial charge < -0.3 is 4.90 Å². The summed E-state index contributed by atoms with van der Waals surface area (Å²) in [4.78, 5) is 2.08. The van der Waals surface area contributed by atoms with Crippen LogP contribution >= 0.6 is 11.6 Å². The van der Waals surface area contributed by atoms with Crippen LogP contribution in [0.5, 0.6) is 0 Å². The Kier molecular flexibility index (Phi) is 4.00. The lowest BCUT2D eigenvalue weighted by molar-refractivity contribution is 0.204. The highest BCUT2D eigenvalue weighted by molar-refractivity contribution is 6.21. The average molecular weight is 260 g/mol. The van der Waals surface area contributed by atoms with Crippen molar-refractivity contribution >= 4 is 11.6 Å². The largest absolute Gasteiger partial charge is 0.302 e. The van der Waals surface area contributed by atoms with Crippen molar-refractivity contribution in [3.8, 4) is 0 Å². The van der Waals surface area contributed by atoms with Gasteiger partial charge in [-0.1, -0.05) is 0 Å². The number of halogens is 3. The summed E-state index contributed by atoms with van der Waals surface area (Å²) in [5, 5.41) is 0.319. The van der Waals surface area contributed by atoms with E-state index in [4.69, 9.17) is 11.6 Å².